The third-order valence-electron chi connectivity index (χ3n) is 3.78. The molecule has 1 amide bonds. The van der Waals surface area contributed by atoms with Crippen molar-refractivity contribution in [1.82, 2.24) is 19.9 Å². The molecule has 2 heterocycles. The first-order chi connectivity index (χ1) is 10.9. The fourth-order valence-corrected chi connectivity index (χ4v) is 4.03. The summed E-state index contributed by atoms with van der Waals surface area (Å²) in [6.45, 7) is 2.17. The highest BCUT2D eigenvalue weighted by Gasteiger charge is 2.28. The topological polar surface area (TPSA) is 85.2 Å². The molecule has 0 saturated carbocycles. The van der Waals surface area contributed by atoms with E-state index in [2.05, 4.69) is 26.2 Å². The van der Waals surface area contributed by atoms with Crippen molar-refractivity contribution in [3.8, 4) is 5.69 Å². The number of carbonyl (C=O) groups is 1. The Morgan fingerprint density at radius 1 is 1.26 bits per heavy atom. The van der Waals surface area contributed by atoms with Gasteiger partial charge in [0.1, 0.15) is 0 Å². The molecule has 23 heavy (non-hydrogen) atoms. The van der Waals surface area contributed by atoms with Crippen LogP contribution in [-0.2, 0) is 9.84 Å². The number of rotatable bonds is 2. The van der Waals surface area contributed by atoms with Gasteiger partial charge in [-0.25, -0.2) is 13.1 Å². The van der Waals surface area contributed by atoms with Gasteiger partial charge in [-0.05, 0) is 25.1 Å². The summed E-state index contributed by atoms with van der Waals surface area (Å²) in [5.41, 5.74) is 1.68. The molecule has 1 aliphatic rings. The van der Waals surface area contributed by atoms with Crippen LogP contribution in [0.2, 0.25) is 0 Å². The minimum Gasteiger partial charge on any atom is -0.335 e. The molecule has 1 saturated heterocycles. The molecule has 2 aromatic rings. The van der Waals surface area contributed by atoms with E-state index in [1.807, 2.05) is 24.3 Å². The van der Waals surface area contributed by atoms with E-state index in [9.17, 15) is 13.2 Å². The summed E-state index contributed by atoms with van der Waals surface area (Å²) in [5.74, 6) is -0.284. The Morgan fingerprint density at radius 2 is 1.96 bits per heavy atom. The smallest absolute Gasteiger partial charge is 0.276 e. The summed E-state index contributed by atoms with van der Waals surface area (Å²) >= 11 is 3.40. The predicted molar refractivity (Wildman–Crippen MR) is 88.4 cm³/mol. The van der Waals surface area contributed by atoms with Crippen LogP contribution in [0.3, 0.4) is 0 Å². The van der Waals surface area contributed by atoms with Crippen LogP contribution in [0, 0.1) is 6.92 Å². The number of aromatic nitrogens is 3. The number of halogens is 1. The largest absolute Gasteiger partial charge is 0.335 e. The average Bonchev–Trinajstić information content (AvgIpc) is 2.88. The van der Waals surface area contributed by atoms with Gasteiger partial charge >= 0.3 is 0 Å². The van der Waals surface area contributed by atoms with Crippen molar-refractivity contribution in [1.29, 1.82) is 0 Å². The Labute approximate surface area is 142 Å². The number of carbonyl (C=O) groups excluding carboxylic acids is 1. The van der Waals surface area contributed by atoms with Gasteiger partial charge in [-0.15, -0.1) is 5.10 Å². The molecule has 3 rings (SSSR count). The zero-order chi connectivity index (χ0) is 16.6. The average molecular weight is 399 g/mol. The fourth-order valence-electron chi connectivity index (χ4n) is 2.45. The van der Waals surface area contributed by atoms with E-state index in [-0.39, 0.29) is 36.2 Å². The number of nitrogens with zero attached hydrogens (tertiary/aromatic N) is 4. The Hall–Kier alpha value is -1.74. The van der Waals surface area contributed by atoms with Crippen molar-refractivity contribution in [2.24, 2.45) is 0 Å². The third-order valence-corrected chi connectivity index (χ3v) is 5.88. The van der Waals surface area contributed by atoms with Crippen LogP contribution >= 0.6 is 15.9 Å². The lowest BCUT2D eigenvalue weighted by molar-refractivity contribution is 0.0763. The lowest BCUT2D eigenvalue weighted by atomic mass is 10.2. The number of hydrogen-bond acceptors (Lipinski definition) is 5. The maximum atomic E-state index is 12.5. The van der Waals surface area contributed by atoms with Gasteiger partial charge in [-0.3, -0.25) is 4.79 Å². The molecule has 1 aromatic carbocycles. The monoisotopic (exact) mass is 398 g/mol. The molecular weight excluding hydrogens is 384 g/mol. The Bertz CT molecular complexity index is 849. The van der Waals surface area contributed by atoms with E-state index in [1.54, 1.807) is 11.6 Å². The highest BCUT2D eigenvalue weighted by atomic mass is 79.9. The molecule has 1 aliphatic heterocycles. The second-order valence-electron chi connectivity index (χ2n) is 5.36. The highest BCUT2D eigenvalue weighted by Crippen LogP contribution is 2.18. The van der Waals surface area contributed by atoms with Crippen molar-refractivity contribution in [3.63, 3.8) is 0 Å². The minimum absolute atomic E-state index is 0.00242. The molecule has 0 bridgehead atoms. The molecule has 9 heteroatoms. The summed E-state index contributed by atoms with van der Waals surface area (Å²) in [6, 6.07) is 7.52. The van der Waals surface area contributed by atoms with Gasteiger partial charge in [0, 0.05) is 17.6 Å². The molecule has 0 radical (unpaired) electrons. The van der Waals surface area contributed by atoms with Crippen molar-refractivity contribution < 1.29 is 13.2 Å². The molecule has 0 spiro atoms. The lowest BCUT2D eigenvalue weighted by Crippen LogP contribution is -2.44. The molecule has 1 aromatic heterocycles. The van der Waals surface area contributed by atoms with Gasteiger partial charge in [-0.1, -0.05) is 27.2 Å². The van der Waals surface area contributed by atoms with Gasteiger partial charge < -0.3 is 4.90 Å². The van der Waals surface area contributed by atoms with Crippen molar-refractivity contribution in [2.75, 3.05) is 24.6 Å². The first kappa shape index (κ1) is 16.1. The van der Waals surface area contributed by atoms with Gasteiger partial charge in [0.2, 0.25) is 0 Å². The number of sulfone groups is 1. The fraction of sp³-hybridized carbons (Fsp3) is 0.357. The Kier molecular flexibility index (Phi) is 4.24. The first-order valence-electron chi connectivity index (χ1n) is 7.05. The SMILES string of the molecule is Cc1c(C(=O)N2CCS(=O)(=O)CC2)nnn1-c1cccc(Br)c1. The van der Waals surface area contributed by atoms with E-state index in [0.29, 0.717) is 5.69 Å². The van der Waals surface area contributed by atoms with E-state index >= 15 is 0 Å². The number of hydrogen-bond donors (Lipinski definition) is 0. The van der Waals surface area contributed by atoms with Gasteiger partial charge in [0.15, 0.2) is 15.5 Å². The predicted octanol–water partition coefficient (Wildman–Crippen LogP) is 1.21. The van der Waals surface area contributed by atoms with Crippen molar-refractivity contribution in [2.45, 2.75) is 6.92 Å². The maximum absolute atomic E-state index is 12.5. The highest BCUT2D eigenvalue weighted by molar-refractivity contribution is 9.10. The van der Waals surface area contributed by atoms with Crippen LogP contribution in [0.1, 0.15) is 16.2 Å². The van der Waals surface area contributed by atoms with Gasteiger partial charge in [0.05, 0.1) is 22.9 Å². The van der Waals surface area contributed by atoms with Crippen LogP contribution in [0.15, 0.2) is 28.7 Å². The van der Waals surface area contributed by atoms with Crippen molar-refractivity contribution >= 4 is 31.7 Å². The number of benzene rings is 1. The second-order valence-corrected chi connectivity index (χ2v) is 8.58. The molecule has 7 nitrogen and oxygen atoms in total. The van der Waals surface area contributed by atoms with Crippen LogP contribution in [0.4, 0.5) is 0 Å². The van der Waals surface area contributed by atoms with E-state index in [0.717, 1.165) is 10.2 Å². The van der Waals surface area contributed by atoms with E-state index in [1.165, 1.54) is 4.90 Å². The minimum atomic E-state index is -3.02. The normalized spacial score (nSPS) is 17.2. The van der Waals surface area contributed by atoms with Crippen LogP contribution in [0.5, 0.6) is 0 Å². The standard InChI is InChI=1S/C14H15BrN4O3S/c1-10-13(14(20)18-5-7-23(21,22)8-6-18)16-17-19(10)12-4-2-3-11(15)9-12/h2-4,9H,5-8H2,1H3. The molecule has 0 unspecified atom stereocenters. The van der Waals surface area contributed by atoms with Crippen LogP contribution < -0.4 is 0 Å². The second kappa shape index (κ2) is 6.04. The molecule has 0 N–H and O–H groups in total. The van der Waals surface area contributed by atoms with E-state index in [4.69, 9.17) is 0 Å². The van der Waals surface area contributed by atoms with Crippen LogP contribution in [-0.4, -0.2) is 58.8 Å². The zero-order valence-corrected chi connectivity index (χ0v) is 14.8. The Morgan fingerprint density at radius 3 is 2.61 bits per heavy atom. The van der Waals surface area contributed by atoms with Crippen LogP contribution in [0.25, 0.3) is 5.69 Å². The number of amides is 1. The van der Waals surface area contributed by atoms with Gasteiger partial charge in [0.25, 0.3) is 5.91 Å². The third kappa shape index (κ3) is 3.30. The molecule has 0 aliphatic carbocycles. The summed E-state index contributed by atoms with van der Waals surface area (Å²) in [6.07, 6.45) is 0. The molecule has 0 atom stereocenters. The summed E-state index contributed by atoms with van der Waals surface area (Å²) < 4.78 is 25.4. The van der Waals surface area contributed by atoms with Crippen molar-refractivity contribution in [3.05, 3.63) is 40.1 Å². The molecule has 1 fully saturated rings. The molecule has 122 valence electrons. The Balaban J connectivity index is 1.86. The maximum Gasteiger partial charge on any atom is 0.276 e. The first-order valence-corrected chi connectivity index (χ1v) is 9.67. The van der Waals surface area contributed by atoms with Gasteiger partial charge in [-0.2, -0.15) is 0 Å². The summed E-state index contributed by atoms with van der Waals surface area (Å²) in [7, 11) is -3.02. The summed E-state index contributed by atoms with van der Waals surface area (Å²) in [5, 5.41) is 8.04. The lowest BCUT2D eigenvalue weighted by Gasteiger charge is -2.26. The zero-order valence-electron chi connectivity index (χ0n) is 12.4. The molecular formula is C14H15BrN4O3S. The van der Waals surface area contributed by atoms with E-state index < -0.39 is 9.84 Å². The summed E-state index contributed by atoms with van der Waals surface area (Å²) in [4.78, 5) is 14.1. The quantitative estimate of drug-likeness (QED) is 0.758.